The van der Waals surface area contributed by atoms with E-state index in [2.05, 4.69) is 26.6 Å². The maximum atomic E-state index is 12.7. The molecule has 0 unspecified atom stereocenters. The van der Waals surface area contributed by atoms with E-state index in [1.54, 1.807) is 42.5 Å². The van der Waals surface area contributed by atoms with Gasteiger partial charge in [0.25, 0.3) is 11.8 Å². The van der Waals surface area contributed by atoms with Gasteiger partial charge in [0.05, 0.1) is 0 Å². The average Bonchev–Trinajstić information content (AvgIpc) is 3.17. The molecule has 3 rings (SSSR count). The van der Waals surface area contributed by atoms with Crippen molar-refractivity contribution in [2.24, 2.45) is 0 Å². The first-order valence-corrected chi connectivity index (χ1v) is 9.47. The summed E-state index contributed by atoms with van der Waals surface area (Å²) in [4.78, 5) is 26.0. The number of thiophene rings is 1. The lowest BCUT2D eigenvalue weighted by Crippen LogP contribution is -2.30. The number of anilines is 1. The fourth-order valence-electron chi connectivity index (χ4n) is 2.19. The first-order valence-electron chi connectivity index (χ1n) is 7.80. The molecule has 2 aromatic carbocycles. The fraction of sp³-hybridized carbons (Fsp3) is 0. The summed E-state index contributed by atoms with van der Waals surface area (Å²) in [5.74, 6) is -0.718. The highest BCUT2D eigenvalue weighted by Gasteiger charge is 2.15. The number of nitrogens with one attached hydrogen (secondary N) is 2. The average molecular weight is 427 g/mol. The number of hydrogen-bond acceptors (Lipinski definition) is 3. The van der Waals surface area contributed by atoms with E-state index in [4.69, 9.17) is 0 Å². The molecule has 0 aliphatic carbocycles. The van der Waals surface area contributed by atoms with Crippen molar-refractivity contribution in [3.05, 3.63) is 92.7 Å². The monoisotopic (exact) mass is 426 g/mol. The fourth-order valence-corrected chi connectivity index (χ4v) is 3.11. The van der Waals surface area contributed by atoms with Crippen molar-refractivity contribution in [3.63, 3.8) is 0 Å². The normalized spacial score (nSPS) is 11.0. The van der Waals surface area contributed by atoms with Crippen LogP contribution < -0.4 is 10.6 Å². The van der Waals surface area contributed by atoms with E-state index in [9.17, 15) is 9.59 Å². The Morgan fingerprint density at radius 3 is 2.31 bits per heavy atom. The zero-order valence-electron chi connectivity index (χ0n) is 13.6. The maximum Gasteiger partial charge on any atom is 0.272 e. The standard InChI is InChI=1S/C20H15BrN2O2S/c21-15-8-10-16(11-9-15)22-20(25)18(13-17-7-4-12-26-17)23-19(24)14-5-2-1-3-6-14/h1-13H,(H,22,25)(H,23,24)/b18-13-. The van der Waals surface area contributed by atoms with Gasteiger partial charge in [-0.25, -0.2) is 0 Å². The van der Waals surface area contributed by atoms with Gasteiger partial charge in [-0.3, -0.25) is 9.59 Å². The Morgan fingerprint density at radius 1 is 0.923 bits per heavy atom. The summed E-state index contributed by atoms with van der Waals surface area (Å²) in [7, 11) is 0. The Labute approximate surface area is 163 Å². The van der Waals surface area contributed by atoms with Crippen molar-refractivity contribution in [1.29, 1.82) is 0 Å². The first kappa shape index (κ1) is 18.1. The Bertz CT molecular complexity index is 920. The molecular weight excluding hydrogens is 412 g/mol. The van der Waals surface area contributed by atoms with Crippen LogP contribution in [0.4, 0.5) is 5.69 Å². The molecule has 0 fully saturated rings. The molecule has 0 radical (unpaired) electrons. The van der Waals surface area contributed by atoms with Crippen LogP contribution in [-0.4, -0.2) is 11.8 Å². The predicted octanol–water partition coefficient (Wildman–Crippen LogP) is 4.92. The molecule has 0 aliphatic heterocycles. The van der Waals surface area contributed by atoms with Crippen molar-refractivity contribution < 1.29 is 9.59 Å². The Morgan fingerprint density at radius 2 is 1.65 bits per heavy atom. The number of carbonyl (C=O) groups is 2. The molecule has 4 nitrogen and oxygen atoms in total. The van der Waals surface area contributed by atoms with Gasteiger partial charge in [0.1, 0.15) is 5.70 Å². The maximum absolute atomic E-state index is 12.7. The van der Waals surface area contributed by atoms with E-state index in [1.807, 2.05) is 35.7 Å². The number of benzene rings is 2. The molecule has 2 amide bonds. The summed E-state index contributed by atoms with van der Waals surface area (Å²) in [5, 5.41) is 7.42. The van der Waals surface area contributed by atoms with Gasteiger partial charge < -0.3 is 10.6 Å². The van der Waals surface area contributed by atoms with Crippen LogP contribution >= 0.6 is 27.3 Å². The lowest BCUT2D eigenvalue weighted by Gasteiger charge is -2.11. The zero-order chi connectivity index (χ0) is 18.4. The van der Waals surface area contributed by atoms with Gasteiger partial charge in [-0.2, -0.15) is 0 Å². The predicted molar refractivity (Wildman–Crippen MR) is 109 cm³/mol. The van der Waals surface area contributed by atoms with Crippen LogP contribution in [0.5, 0.6) is 0 Å². The molecule has 0 atom stereocenters. The van der Waals surface area contributed by atoms with Gasteiger partial charge in [0.15, 0.2) is 0 Å². The van der Waals surface area contributed by atoms with Crippen molar-refractivity contribution in [2.45, 2.75) is 0 Å². The Balaban J connectivity index is 1.82. The zero-order valence-corrected chi connectivity index (χ0v) is 16.0. The van der Waals surface area contributed by atoms with E-state index in [-0.39, 0.29) is 17.5 Å². The summed E-state index contributed by atoms with van der Waals surface area (Å²) >= 11 is 4.85. The highest BCUT2D eigenvalue weighted by Crippen LogP contribution is 2.17. The number of amides is 2. The second kappa shape index (κ2) is 8.60. The minimum atomic E-state index is -0.384. The highest BCUT2D eigenvalue weighted by atomic mass is 79.9. The van der Waals surface area contributed by atoms with Crippen molar-refractivity contribution >= 4 is 50.8 Å². The third kappa shape index (κ3) is 4.91. The van der Waals surface area contributed by atoms with E-state index < -0.39 is 0 Å². The summed E-state index contributed by atoms with van der Waals surface area (Å²) < 4.78 is 0.919. The van der Waals surface area contributed by atoms with E-state index in [1.165, 1.54) is 11.3 Å². The van der Waals surface area contributed by atoms with Crippen molar-refractivity contribution in [1.82, 2.24) is 5.32 Å². The van der Waals surface area contributed by atoms with Crippen LogP contribution in [-0.2, 0) is 4.79 Å². The van der Waals surface area contributed by atoms with Crippen molar-refractivity contribution in [2.75, 3.05) is 5.32 Å². The van der Waals surface area contributed by atoms with Gasteiger partial charge >= 0.3 is 0 Å². The molecule has 1 heterocycles. The molecule has 3 aromatic rings. The molecule has 0 saturated heterocycles. The van der Waals surface area contributed by atoms with Crippen LogP contribution in [0.15, 0.2) is 82.3 Å². The van der Waals surface area contributed by atoms with Gasteiger partial charge in [0.2, 0.25) is 0 Å². The van der Waals surface area contributed by atoms with Gasteiger partial charge in [-0.05, 0) is 53.9 Å². The summed E-state index contributed by atoms with van der Waals surface area (Å²) in [5.41, 5.74) is 1.31. The van der Waals surface area contributed by atoms with E-state index in [0.717, 1.165) is 9.35 Å². The molecule has 6 heteroatoms. The van der Waals surface area contributed by atoms with Crippen LogP contribution in [0.2, 0.25) is 0 Å². The molecule has 2 N–H and O–H groups in total. The lowest BCUT2D eigenvalue weighted by atomic mass is 10.2. The topological polar surface area (TPSA) is 58.2 Å². The second-order valence-electron chi connectivity index (χ2n) is 5.35. The minimum absolute atomic E-state index is 0.184. The number of rotatable bonds is 5. The first-order chi connectivity index (χ1) is 12.6. The van der Waals surface area contributed by atoms with Gasteiger partial charge in [-0.1, -0.05) is 40.2 Å². The Hall–Kier alpha value is -2.70. The quantitative estimate of drug-likeness (QED) is 0.568. The third-order valence-electron chi connectivity index (χ3n) is 3.46. The second-order valence-corrected chi connectivity index (χ2v) is 7.25. The van der Waals surface area contributed by atoms with Crippen LogP contribution in [0, 0.1) is 0 Å². The lowest BCUT2D eigenvalue weighted by molar-refractivity contribution is -0.113. The summed E-state index contributed by atoms with van der Waals surface area (Å²) in [6, 6.07) is 19.8. The van der Waals surface area contributed by atoms with Crippen LogP contribution in [0.25, 0.3) is 6.08 Å². The van der Waals surface area contributed by atoms with Crippen LogP contribution in [0.1, 0.15) is 15.2 Å². The van der Waals surface area contributed by atoms with Crippen molar-refractivity contribution in [3.8, 4) is 0 Å². The highest BCUT2D eigenvalue weighted by molar-refractivity contribution is 9.10. The minimum Gasteiger partial charge on any atom is -0.321 e. The third-order valence-corrected chi connectivity index (χ3v) is 4.81. The Kier molecular flexibility index (Phi) is 5.99. The molecule has 26 heavy (non-hydrogen) atoms. The molecule has 0 spiro atoms. The molecule has 0 aliphatic rings. The van der Waals surface area contributed by atoms with E-state index in [0.29, 0.717) is 11.3 Å². The van der Waals surface area contributed by atoms with E-state index >= 15 is 0 Å². The molecular formula is C20H15BrN2O2S. The molecule has 0 bridgehead atoms. The number of hydrogen-bond donors (Lipinski definition) is 2. The summed E-state index contributed by atoms with van der Waals surface area (Å²) in [6.07, 6.45) is 1.67. The summed E-state index contributed by atoms with van der Waals surface area (Å²) in [6.45, 7) is 0. The molecule has 1 aromatic heterocycles. The largest absolute Gasteiger partial charge is 0.321 e. The van der Waals surface area contributed by atoms with Gasteiger partial charge in [0, 0.05) is 20.6 Å². The SMILES string of the molecule is O=C(Nc1ccc(Br)cc1)/C(=C/c1cccs1)NC(=O)c1ccccc1. The molecule has 130 valence electrons. The smallest absolute Gasteiger partial charge is 0.272 e. The number of halogens is 1. The number of carbonyl (C=O) groups excluding carboxylic acids is 2. The van der Waals surface area contributed by atoms with Gasteiger partial charge in [-0.15, -0.1) is 11.3 Å². The van der Waals surface area contributed by atoms with Crippen LogP contribution in [0.3, 0.4) is 0 Å². The molecule has 0 saturated carbocycles.